The average molecular weight is 257 g/mol. The predicted octanol–water partition coefficient (Wildman–Crippen LogP) is 2.73. The minimum absolute atomic E-state index is 0.00981. The predicted molar refractivity (Wildman–Crippen MR) is 74.9 cm³/mol. The van der Waals surface area contributed by atoms with Crippen molar-refractivity contribution in [3.8, 4) is 0 Å². The Morgan fingerprint density at radius 1 is 1.47 bits per heavy atom. The summed E-state index contributed by atoms with van der Waals surface area (Å²) in [6.07, 6.45) is 5.47. The molecule has 1 fully saturated rings. The molecule has 0 spiro atoms. The van der Waals surface area contributed by atoms with Gasteiger partial charge in [-0.3, -0.25) is 4.79 Å². The van der Waals surface area contributed by atoms with Gasteiger partial charge >= 0.3 is 0 Å². The molecule has 0 aliphatic heterocycles. The second-order valence-corrected chi connectivity index (χ2v) is 5.51. The molecule has 1 aromatic carbocycles. The van der Waals surface area contributed by atoms with E-state index in [1.807, 2.05) is 18.2 Å². The van der Waals surface area contributed by atoms with Crippen molar-refractivity contribution in [1.29, 1.82) is 0 Å². The Labute approximate surface area is 112 Å². The van der Waals surface area contributed by atoms with Crippen LogP contribution >= 0.6 is 0 Å². The molecule has 2 aromatic rings. The van der Waals surface area contributed by atoms with Crippen LogP contribution in [-0.2, 0) is 0 Å². The van der Waals surface area contributed by atoms with Crippen LogP contribution < -0.4 is 5.32 Å². The minimum atomic E-state index is 0.00981. The van der Waals surface area contributed by atoms with Crippen molar-refractivity contribution in [2.24, 2.45) is 11.8 Å². The molecule has 100 valence electrons. The normalized spacial score (nSPS) is 22.8. The third-order valence-electron chi connectivity index (χ3n) is 4.25. The summed E-state index contributed by atoms with van der Waals surface area (Å²) in [5, 5.41) is 3.05. The largest absolute Gasteiger partial charge is 0.352 e. The first-order valence-electron chi connectivity index (χ1n) is 6.95. The van der Waals surface area contributed by atoms with E-state index in [1.165, 1.54) is 19.3 Å². The lowest BCUT2D eigenvalue weighted by molar-refractivity contribution is 0.0944. The minimum Gasteiger partial charge on any atom is -0.352 e. The molecule has 1 aliphatic carbocycles. The molecular formula is C15H19N3O. The Hall–Kier alpha value is -1.84. The number of nitrogens with one attached hydrogen (secondary N) is 2. The molecule has 0 saturated heterocycles. The van der Waals surface area contributed by atoms with Crippen molar-refractivity contribution in [3.05, 3.63) is 30.1 Å². The summed E-state index contributed by atoms with van der Waals surface area (Å²) in [4.78, 5) is 19.3. The number of hydrogen-bond acceptors (Lipinski definition) is 2. The number of fused-ring (bicyclic) bond motifs is 1. The molecule has 1 aromatic heterocycles. The number of carbonyl (C=O) groups excluding carboxylic acids is 1. The van der Waals surface area contributed by atoms with Gasteiger partial charge in [0.25, 0.3) is 5.91 Å². The zero-order valence-electron chi connectivity index (χ0n) is 11.1. The van der Waals surface area contributed by atoms with Crippen LogP contribution in [0.5, 0.6) is 0 Å². The molecule has 1 amide bonds. The van der Waals surface area contributed by atoms with Crippen molar-refractivity contribution in [3.63, 3.8) is 0 Å². The van der Waals surface area contributed by atoms with E-state index in [9.17, 15) is 4.79 Å². The molecule has 2 unspecified atom stereocenters. The number of H-pyrrole nitrogens is 1. The molecule has 2 N–H and O–H groups in total. The third kappa shape index (κ3) is 2.48. The maximum Gasteiger partial charge on any atom is 0.251 e. The van der Waals surface area contributed by atoms with Crippen LogP contribution in [0.2, 0.25) is 0 Å². The highest BCUT2D eigenvalue weighted by molar-refractivity contribution is 5.97. The first-order valence-corrected chi connectivity index (χ1v) is 6.95. The first-order chi connectivity index (χ1) is 9.24. The summed E-state index contributed by atoms with van der Waals surface area (Å²) >= 11 is 0. The van der Waals surface area contributed by atoms with E-state index in [1.54, 1.807) is 6.33 Å². The fourth-order valence-corrected chi connectivity index (χ4v) is 2.93. The second-order valence-electron chi connectivity index (χ2n) is 5.51. The molecule has 3 rings (SSSR count). The van der Waals surface area contributed by atoms with E-state index >= 15 is 0 Å². The molecule has 1 heterocycles. The molecule has 2 atom stereocenters. The lowest BCUT2D eigenvalue weighted by Gasteiger charge is -2.15. The van der Waals surface area contributed by atoms with Crippen LogP contribution in [0.4, 0.5) is 0 Å². The quantitative estimate of drug-likeness (QED) is 0.888. The molecular weight excluding hydrogens is 238 g/mol. The molecule has 19 heavy (non-hydrogen) atoms. The zero-order valence-corrected chi connectivity index (χ0v) is 11.1. The number of hydrogen-bond donors (Lipinski definition) is 2. The molecule has 1 aliphatic rings. The standard InChI is InChI=1S/C15H19N3O/c1-10-3-2-4-12(10)8-16-15(19)11-5-6-13-14(7-11)18-9-17-13/h5-7,9-10,12H,2-4,8H2,1H3,(H,16,19)(H,17,18). The highest BCUT2D eigenvalue weighted by atomic mass is 16.1. The van der Waals surface area contributed by atoms with Gasteiger partial charge in [-0.05, 0) is 36.5 Å². The highest BCUT2D eigenvalue weighted by Crippen LogP contribution is 2.30. The van der Waals surface area contributed by atoms with Gasteiger partial charge in [0.1, 0.15) is 0 Å². The van der Waals surface area contributed by atoms with Crippen molar-refractivity contribution in [2.75, 3.05) is 6.54 Å². The van der Waals surface area contributed by atoms with Crippen molar-refractivity contribution in [2.45, 2.75) is 26.2 Å². The van der Waals surface area contributed by atoms with Gasteiger partial charge in [-0.15, -0.1) is 0 Å². The van der Waals surface area contributed by atoms with E-state index < -0.39 is 0 Å². The summed E-state index contributed by atoms with van der Waals surface area (Å²) in [5.41, 5.74) is 2.49. The van der Waals surface area contributed by atoms with Crippen molar-refractivity contribution >= 4 is 16.9 Å². The van der Waals surface area contributed by atoms with Gasteiger partial charge in [0, 0.05) is 12.1 Å². The molecule has 1 saturated carbocycles. The number of aromatic nitrogens is 2. The lowest BCUT2D eigenvalue weighted by Crippen LogP contribution is -2.30. The highest BCUT2D eigenvalue weighted by Gasteiger charge is 2.23. The maximum atomic E-state index is 12.1. The number of rotatable bonds is 3. The topological polar surface area (TPSA) is 57.8 Å². The van der Waals surface area contributed by atoms with Crippen LogP contribution in [0, 0.1) is 11.8 Å². The Kier molecular flexibility index (Phi) is 3.23. The zero-order chi connectivity index (χ0) is 13.2. The number of nitrogens with zero attached hydrogens (tertiary/aromatic N) is 1. The Balaban J connectivity index is 1.66. The number of aromatic amines is 1. The van der Waals surface area contributed by atoms with Gasteiger partial charge in [0.2, 0.25) is 0 Å². The van der Waals surface area contributed by atoms with Gasteiger partial charge in [-0.2, -0.15) is 0 Å². The lowest BCUT2D eigenvalue weighted by atomic mass is 9.98. The van der Waals surface area contributed by atoms with Gasteiger partial charge in [-0.25, -0.2) is 4.98 Å². The van der Waals surface area contributed by atoms with E-state index in [0.29, 0.717) is 11.5 Å². The first kappa shape index (κ1) is 12.2. The summed E-state index contributed by atoms with van der Waals surface area (Å²) in [6, 6.07) is 5.56. The van der Waals surface area contributed by atoms with Crippen LogP contribution in [0.1, 0.15) is 36.5 Å². The van der Waals surface area contributed by atoms with Crippen LogP contribution in [0.25, 0.3) is 11.0 Å². The van der Waals surface area contributed by atoms with Crippen LogP contribution in [-0.4, -0.2) is 22.4 Å². The number of benzene rings is 1. The van der Waals surface area contributed by atoms with Crippen LogP contribution in [0.3, 0.4) is 0 Å². The Morgan fingerprint density at radius 2 is 2.37 bits per heavy atom. The second kappa shape index (κ2) is 5.03. The fourth-order valence-electron chi connectivity index (χ4n) is 2.93. The summed E-state index contributed by atoms with van der Waals surface area (Å²) in [7, 11) is 0. The number of amides is 1. The molecule has 4 nitrogen and oxygen atoms in total. The summed E-state index contributed by atoms with van der Waals surface area (Å²) < 4.78 is 0. The Bertz CT molecular complexity index is 590. The monoisotopic (exact) mass is 257 g/mol. The summed E-state index contributed by atoms with van der Waals surface area (Å²) in [5.74, 6) is 1.38. The molecule has 4 heteroatoms. The number of carbonyl (C=O) groups is 1. The van der Waals surface area contributed by atoms with Gasteiger partial charge in [0.05, 0.1) is 17.4 Å². The van der Waals surface area contributed by atoms with Gasteiger partial charge in [0.15, 0.2) is 0 Å². The van der Waals surface area contributed by atoms with E-state index in [2.05, 4.69) is 22.2 Å². The molecule has 0 bridgehead atoms. The SMILES string of the molecule is CC1CCCC1CNC(=O)c1ccc2nc[nH]c2c1. The smallest absolute Gasteiger partial charge is 0.251 e. The Morgan fingerprint density at radius 3 is 3.16 bits per heavy atom. The van der Waals surface area contributed by atoms with E-state index in [-0.39, 0.29) is 5.91 Å². The maximum absolute atomic E-state index is 12.1. The van der Waals surface area contributed by atoms with Gasteiger partial charge in [-0.1, -0.05) is 19.8 Å². The fraction of sp³-hybridized carbons (Fsp3) is 0.467. The van der Waals surface area contributed by atoms with E-state index in [0.717, 1.165) is 23.5 Å². The molecule has 0 radical (unpaired) electrons. The van der Waals surface area contributed by atoms with Gasteiger partial charge < -0.3 is 10.3 Å². The van der Waals surface area contributed by atoms with E-state index in [4.69, 9.17) is 0 Å². The third-order valence-corrected chi connectivity index (χ3v) is 4.25. The van der Waals surface area contributed by atoms with Crippen LogP contribution in [0.15, 0.2) is 24.5 Å². The number of imidazole rings is 1. The average Bonchev–Trinajstić information content (AvgIpc) is 3.03. The summed E-state index contributed by atoms with van der Waals surface area (Å²) in [6.45, 7) is 3.07. The van der Waals surface area contributed by atoms with Crippen molar-refractivity contribution in [1.82, 2.24) is 15.3 Å². The van der Waals surface area contributed by atoms with Crippen molar-refractivity contribution < 1.29 is 4.79 Å².